The molecule has 0 aromatic heterocycles. The summed E-state index contributed by atoms with van der Waals surface area (Å²) in [6.45, 7) is 9.34. The molecule has 0 fully saturated rings. The molecule has 0 aliphatic heterocycles. The van der Waals surface area contributed by atoms with Gasteiger partial charge in [-0.1, -0.05) is 59.1 Å². The second-order valence-electron chi connectivity index (χ2n) is 8.48. The highest BCUT2D eigenvalue weighted by Crippen LogP contribution is 2.35. The van der Waals surface area contributed by atoms with E-state index in [9.17, 15) is 13.2 Å². The third kappa shape index (κ3) is 5.57. The zero-order valence-electron chi connectivity index (χ0n) is 19.8. The third-order valence-electron chi connectivity index (χ3n) is 5.82. The van der Waals surface area contributed by atoms with Gasteiger partial charge >= 0.3 is 0 Å². The van der Waals surface area contributed by atoms with Crippen molar-refractivity contribution >= 4 is 44.8 Å². The van der Waals surface area contributed by atoms with Crippen LogP contribution in [0.4, 0.5) is 5.69 Å². The Kier molecular flexibility index (Phi) is 7.96. The van der Waals surface area contributed by atoms with E-state index >= 15 is 0 Å². The van der Waals surface area contributed by atoms with Crippen LogP contribution >= 0.6 is 23.2 Å². The topological polar surface area (TPSA) is 66.5 Å². The third-order valence-corrected chi connectivity index (χ3v) is 8.41. The minimum atomic E-state index is -4.10. The van der Waals surface area contributed by atoms with Crippen LogP contribution in [0.25, 0.3) is 0 Å². The van der Waals surface area contributed by atoms with Crippen LogP contribution in [0.1, 0.15) is 40.8 Å². The Morgan fingerprint density at radius 1 is 0.941 bits per heavy atom. The van der Waals surface area contributed by atoms with Gasteiger partial charge in [0.25, 0.3) is 10.0 Å². The predicted molar refractivity (Wildman–Crippen MR) is 139 cm³/mol. The SMILES string of the molecule is Cc1ccc(S(=O)(=O)N(CC(=O)N[C@@H](C)c2cc(C)c(C)cc2C)c2cccc(Cl)c2Cl)cc1. The smallest absolute Gasteiger partial charge is 0.264 e. The van der Waals surface area contributed by atoms with Crippen LogP contribution in [0, 0.1) is 27.7 Å². The Bertz CT molecular complexity index is 1320. The number of aryl methyl sites for hydroxylation is 4. The highest BCUT2D eigenvalue weighted by molar-refractivity contribution is 7.92. The van der Waals surface area contributed by atoms with Crippen molar-refractivity contribution in [3.8, 4) is 0 Å². The Morgan fingerprint density at radius 2 is 1.56 bits per heavy atom. The van der Waals surface area contributed by atoms with Gasteiger partial charge in [-0.2, -0.15) is 0 Å². The molecule has 0 aliphatic carbocycles. The molecule has 0 spiro atoms. The second kappa shape index (κ2) is 10.4. The van der Waals surface area contributed by atoms with Crippen molar-refractivity contribution in [2.75, 3.05) is 10.8 Å². The molecule has 1 atom stereocenters. The number of anilines is 1. The maximum Gasteiger partial charge on any atom is 0.264 e. The maximum absolute atomic E-state index is 13.6. The number of sulfonamides is 1. The van der Waals surface area contributed by atoms with Gasteiger partial charge in [-0.15, -0.1) is 0 Å². The monoisotopic (exact) mass is 518 g/mol. The van der Waals surface area contributed by atoms with E-state index in [1.54, 1.807) is 24.3 Å². The van der Waals surface area contributed by atoms with E-state index in [0.29, 0.717) is 0 Å². The van der Waals surface area contributed by atoms with Crippen LogP contribution in [0.5, 0.6) is 0 Å². The van der Waals surface area contributed by atoms with E-state index in [1.165, 1.54) is 23.8 Å². The Labute approximate surface area is 211 Å². The summed E-state index contributed by atoms with van der Waals surface area (Å²) in [5, 5.41) is 3.19. The van der Waals surface area contributed by atoms with Crippen LogP contribution < -0.4 is 9.62 Å². The molecule has 3 aromatic carbocycles. The normalized spacial score (nSPS) is 12.3. The molecular weight excluding hydrogens is 491 g/mol. The second-order valence-corrected chi connectivity index (χ2v) is 11.1. The molecule has 0 heterocycles. The molecule has 0 saturated carbocycles. The number of nitrogens with zero attached hydrogens (tertiary/aromatic N) is 1. The molecule has 8 heteroatoms. The van der Waals surface area contributed by atoms with Gasteiger partial charge in [0.1, 0.15) is 6.54 Å². The highest BCUT2D eigenvalue weighted by atomic mass is 35.5. The fraction of sp³-hybridized carbons (Fsp3) is 0.269. The summed E-state index contributed by atoms with van der Waals surface area (Å²) >= 11 is 12.5. The van der Waals surface area contributed by atoms with Crippen LogP contribution in [-0.4, -0.2) is 20.9 Å². The molecule has 0 radical (unpaired) electrons. The molecule has 3 rings (SSSR count). The van der Waals surface area contributed by atoms with Gasteiger partial charge in [-0.3, -0.25) is 9.10 Å². The van der Waals surface area contributed by atoms with Crippen molar-refractivity contribution in [2.45, 2.75) is 45.6 Å². The number of hydrogen-bond donors (Lipinski definition) is 1. The molecule has 180 valence electrons. The van der Waals surface area contributed by atoms with E-state index < -0.39 is 22.5 Å². The number of carbonyl (C=O) groups is 1. The molecule has 1 amide bonds. The van der Waals surface area contributed by atoms with Crippen molar-refractivity contribution in [2.24, 2.45) is 0 Å². The first-order valence-electron chi connectivity index (χ1n) is 10.8. The van der Waals surface area contributed by atoms with Gasteiger partial charge in [0.15, 0.2) is 0 Å². The average Bonchev–Trinajstić information content (AvgIpc) is 2.77. The molecular formula is C26H28Cl2N2O3S. The highest BCUT2D eigenvalue weighted by Gasteiger charge is 2.30. The van der Waals surface area contributed by atoms with Crippen LogP contribution in [0.2, 0.25) is 10.0 Å². The van der Waals surface area contributed by atoms with E-state index in [2.05, 4.69) is 11.4 Å². The van der Waals surface area contributed by atoms with Gasteiger partial charge in [0, 0.05) is 0 Å². The first-order valence-corrected chi connectivity index (χ1v) is 13.0. The summed E-state index contributed by atoms with van der Waals surface area (Å²) in [7, 11) is -4.10. The zero-order chi connectivity index (χ0) is 25.2. The van der Waals surface area contributed by atoms with Crippen LogP contribution in [-0.2, 0) is 14.8 Å². The van der Waals surface area contributed by atoms with E-state index in [-0.39, 0.29) is 26.7 Å². The van der Waals surface area contributed by atoms with Gasteiger partial charge < -0.3 is 5.32 Å². The quantitative estimate of drug-likeness (QED) is 0.399. The van der Waals surface area contributed by atoms with Gasteiger partial charge in [-0.05, 0) is 81.1 Å². The number of hydrogen-bond acceptors (Lipinski definition) is 3. The first kappa shape index (κ1) is 26.1. The van der Waals surface area contributed by atoms with E-state index in [1.807, 2.05) is 40.7 Å². The molecule has 0 aliphatic rings. The zero-order valence-corrected chi connectivity index (χ0v) is 22.1. The van der Waals surface area contributed by atoms with Crippen molar-refractivity contribution in [3.63, 3.8) is 0 Å². The van der Waals surface area contributed by atoms with Gasteiger partial charge in [0.05, 0.1) is 26.7 Å². The lowest BCUT2D eigenvalue weighted by Crippen LogP contribution is -2.41. The lowest BCUT2D eigenvalue weighted by molar-refractivity contribution is -0.120. The summed E-state index contributed by atoms with van der Waals surface area (Å²) in [5.74, 6) is -0.461. The number of benzene rings is 3. The molecule has 0 saturated heterocycles. The summed E-state index contributed by atoms with van der Waals surface area (Å²) in [5.41, 5.74) is 5.38. The number of halogens is 2. The minimum absolute atomic E-state index is 0.0556. The molecule has 0 bridgehead atoms. The fourth-order valence-electron chi connectivity index (χ4n) is 3.77. The fourth-order valence-corrected chi connectivity index (χ4v) is 5.65. The average molecular weight is 519 g/mol. The van der Waals surface area contributed by atoms with Gasteiger partial charge in [0.2, 0.25) is 5.91 Å². The molecule has 3 aromatic rings. The van der Waals surface area contributed by atoms with E-state index in [4.69, 9.17) is 23.2 Å². The Balaban J connectivity index is 1.96. The molecule has 0 unspecified atom stereocenters. The summed E-state index contributed by atoms with van der Waals surface area (Å²) < 4.78 is 28.2. The van der Waals surface area contributed by atoms with Crippen molar-refractivity contribution in [3.05, 3.63) is 92.5 Å². The lowest BCUT2D eigenvalue weighted by Gasteiger charge is -2.26. The summed E-state index contributed by atoms with van der Waals surface area (Å²) in [4.78, 5) is 13.2. The molecule has 34 heavy (non-hydrogen) atoms. The number of amides is 1. The number of nitrogens with one attached hydrogen (secondary N) is 1. The van der Waals surface area contributed by atoms with Crippen LogP contribution in [0.15, 0.2) is 59.5 Å². The maximum atomic E-state index is 13.6. The van der Waals surface area contributed by atoms with Crippen molar-refractivity contribution < 1.29 is 13.2 Å². The molecule has 5 nitrogen and oxygen atoms in total. The summed E-state index contributed by atoms with van der Waals surface area (Å²) in [6.07, 6.45) is 0. The molecule has 1 N–H and O–H groups in total. The van der Waals surface area contributed by atoms with Crippen molar-refractivity contribution in [1.82, 2.24) is 5.32 Å². The Morgan fingerprint density at radius 3 is 2.21 bits per heavy atom. The van der Waals surface area contributed by atoms with Crippen LogP contribution in [0.3, 0.4) is 0 Å². The number of carbonyl (C=O) groups excluding carboxylic acids is 1. The first-order chi connectivity index (χ1) is 15.9. The largest absolute Gasteiger partial charge is 0.348 e. The minimum Gasteiger partial charge on any atom is -0.348 e. The summed E-state index contributed by atoms with van der Waals surface area (Å²) in [6, 6.07) is 14.9. The standard InChI is InChI=1S/C26H28Cl2N2O3S/c1-16-9-11-21(12-10-16)34(32,33)30(24-8-6-7-23(27)26(24)28)15-25(31)29-20(5)22-14-18(3)17(2)13-19(22)4/h6-14,20H,15H2,1-5H3,(H,29,31)/t20-/m0/s1. The Hall–Kier alpha value is -2.54. The predicted octanol–water partition coefficient (Wildman–Crippen LogP) is 6.30. The van der Waals surface area contributed by atoms with Gasteiger partial charge in [-0.25, -0.2) is 8.42 Å². The van der Waals surface area contributed by atoms with E-state index in [0.717, 1.165) is 26.6 Å². The lowest BCUT2D eigenvalue weighted by atomic mass is 9.96. The number of rotatable bonds is 7. The van der Waals surface area contributed by atoms with Crippen molar-refractivity contribution in [1.29, 1.82) is 0 Å².